The van der Waals surface area contributed by atoms with E-state index in [1.54, 1.807) is 9.55 Å². The van der Waals surface area contributed by atoms with Gasteiger partial charge in [-0.3, -0.25) is 0 Å². The monoisotopic (exact) mass is 618 g/mol. The van der Waals surface area contributed by atoms with Gasteiger partial charge in [-0.15, -0.1) is 23.5 Å². The first-order valence-corrected chi connectivity index (χ1v) is 16.1. The normalized spacial score (nSPS) is 14.3. The Balaban J connectivity index is 0.00000324. The summed E-state index contributed by atoms with van der Waals surface area (Å²) >= 11 is 4.17. The van der Waals surface area contributed by atoms with Crippen LogP contribution in [0.1, 0.15) is 46.0 Å². The lowest BCUT2D eigenvalue weighted by Crippen LogP contribution is -3.00. The second-order valence-electron chi connectivity index (χ2n) is 8.55. The second kappa shape index (κ2) is 14.1. The molecule has 0 bridgehead atoms. The Hall–Kier alpha value is -0.740. The Morgan fingerprint density at radius 3 is 1.38 bits per heavy atom. The Kier molecular flexibility index (Phi) is 11.6. The van der Waals surface area contributed by atoms with Crippen molar-refractivity contribution in [2.75, 3.05) is 11.5 Å². The fourth-order valence-corrected chi connectivity index (χ4v) is 13.3. The topological polar surface area (TPSA) is 0 Å². The molecule has 1 saturated carbocycles. The summed E-state index contributed by atoms with van der Waals surface area (Å²) in [5.41, 5.74) is 0. The van der Waals surface area contributed by atoms with Crippen molar-refractivity contribution in [3.05, 3.63) is 101 Å². The van der Waals surface area contributed by atoms with E-state index in [1.165, 1.54) is 48.0 Å². The highest BCUT2D eigenvalue weighted by atomic mass is 127. The van der Waals surface area contributed by atoms with E-state index in [2.05, 4.69) is 128 Å². The molecule has 3 aromatic carbocycles. The van der Waals surface area contributed by atoms with Gasteiger partial charge < -0.3 is 24.0 Å². The van der Waals surface area contributed by atoms with Gasteiger partial charge in [-0.05, 0) is 60.7 Å². The van der Waals surface area contributed by atoms with Crippen molar-refractivity contribution in [2.45, 2.75) is 46.0 Å². The lowest BCUT2D eigenvalue weighted by atomic mass is 9.89. The van der Waals surface area contributed by atoms with Crippen molar-refractivity contribution < 1.29 is 24.0 Å². The largest absolute Gasteiger partial charge is 1.00 e. The number of rotatable bonds is 9. The molecule has 0 atom stereocenters. The van der Waals surface area contributed by atoms with Gasteiger partial charge >= 0.3 is 0 Å². The molecular formula is C30H36IPS2. The smallest absolute Gasteiger partial charge is 0.142 e. The zero-order valence-electron chi connectivity index (χ0n) is 20.3. The maximum absolute atomic E-state index is 2.40. The first-order chi connectivity index (χ1) is 16.3. The van der Waals surface area contributed by atoms with E-state index in [9.17, 15) is 0 Å². The van der Waals surface area contributed by atoms with Gasteiger partial charge in [-0.25, -0.2) is 0 Å². The lowest BCUT2D eigenvalue weighted by Gasteiger charge is -2.36. The minimum absolute atomic E-state index is 0. The van der Waals surface area contributed by atoms with Gasteiger partial charge in [0.2, 0.25) is 0 Å². The minimum Gasteiger partial charge on any atom is -1.00 e. The van der Waals surface area contributed by atoms with Crippen LogP contribution in [0.25, 0.3) is 0 Å². The van der Waals surface area contributed by atoms with E-state index in [0.717, 1.165) is 11.5 Å². The summed E-state index contributed by atoms with van der Waals surface area (Å²) in [6.07, 6.45) is 6.73. The van der Waals surface area contributed by atoms with Crippen molar-refractivity contribution >= 4 is 46.7 Å². The number of hydrogen-bond donors (Lipinski definition) is 0. The third-order valence-electron chi connectivity index (χ3n) is 6.54. The van der Waals surface area contributed by atoms with E-state index < -0.39 is 7.26 Å². The summed E-state index contributed by atoms with van der Waals surface area (Å²) in [7, 11) is -2.01. The molecule has 1 aliphatic carbocycles. The van der Waals surface area contributed by atoms with Crippen LogP contribution in [0.2, 0.25) is 0 Å². The summed E-state index contributed by atoms with van der Waals surface area (Å²) in [4.78, 5) is 0. The Morgan fingerprint density at radius 1 is 0.647 bits per heavy atom. The molecule has 1 aliphatic rings. The van der Waals surface area contributed by atoms with Crippen molar-refractivity contribution in [1.29, 1.82) is 0 Å². The van der Waals surface area contributed by atoms with Crippen LogP contribution in [0.3, 0.4) is 0 Å². The molecule has 0 spiro atoms. The zero-order chi connectivity index (χ0) is 22.9. The molecule has 0 unspecified atom stereocenters. The van der Waals surface area contributed by atoms with E-state index in [1.807, 2.05) is 0 Å². The number of halogens is 1. The molecule has 0 aliphatic heterocycles. The first-order valence-electron chi connectivity index (χ1n) is 12.4. The third kappa shape index (κ3) is 5.97. The summed E-state index contributed by atoms with van der Waals surface area (Å²) in [5.74, 6) is 2.90. The fourth-order valence-electron chi connectivity index (χ4n) is 5.22. The summed E-state index contributed by atoms with van der Waals surface area (Å²) < 4.78 is 1.59. The maximum atomic E-state index is 2.40. The molecule has 180 valence electrons. The van der Waals surface area contributed by atoms with Crippen LogP contribution in [0, 0.1) is 5.92 Å². The molecule has 4 heteroatoms. The molecule has 3 aromatic rings. The molecule has 0 heterocycles. The molecule has 4 rings (SSSR count). The summed E-state index contributed by atoms with van der Waals surface area (Å²) in [6.45, 7) is 4.63. The van der Waals surface area contributed by atoms with Crippen LogP contribution >= 0.6 is 30.8 Å². The molecule has 0 N–H and O–H groups in total. The fraction of sp³-hybridized carbons (Fsp3) is 0.333. The predicted molar refractivity (Wildman–Crippen MR) is 155 cm³/mol. The van der Waals surface area contributed by atoms with Gasteiger partial charge in [0.15, 0.2) is 0 Å². The van der Waals surface area contributed by atoms with E-state index in [4.69, 9.17) is 0 Å². The van der Waals surface area contributed by atoms with Crippen LogP contribution in [0.5, 0.6) is 0 Å². The van der Waals surface area contributed by atoms with Crippen molar-refractivity contribution in [3.63, 3.8) is 0 Å². The predicted octanol–water partition coefficient (Wildman–Crippen LogP) is 5.24. The van der Waals surface area contributed by atoms with Crippen LogP contribution < -0.4 is 39.9 Å². The molecule has 0 nitrogen and oxygen atoms in total. The quantitative estimate of drug-likeness (QED) is 0.238. The van der Waals surface area contributed by atoms with Crippen LogP contribution in [-0.2, 0) is 0 Å². The van der Waals surface area contributed by atoms with E-state index >= 15 is 0 Å². The number of hydrogen-bond acceptors (Lipinski definition) is 2. The molecular weight excluding hydrogens is 582 g/mol. The Labute approximate surface area is 233 Å². The molecule has 0 radical (unpaired) electrons. The third-order valence-corrected chi connectivity index (χ3v) is 13.6. The number of allylic oxidation sites excluding steroid dienone is 1. The highest BCUT2D eigenvalue weighted by molar-refractivity contribution is 8.23. The highest BCUT2D eigenvalue weighted by Gasteiger charge is 2.53. The van der Waals surface area contributed by atoms with Gasteiger partial charge in [-0.2, -0.15) is 0 Å². The number of thioether (sulfide) groups is 2. The van der Waals surface area contributed by atoms with Crippen molar-refractivity contribution in [2.24, 2.45) is 5.92 Å². The zero-order valence-corrected chi connectivity index (χ0v) is 25.0. The summed E-state index contributed by atoms with van der Waals surface area (Å²) in [5, 5.41) is 6.24. The SMILES string of the molecule is CCSC(SCC)=C(C1CCCCC1)[P+](c1ccccc1)(c1ccccc1)c1ccccc1.[I-]. The number of benzene rings is 3. The van der Waals surface area contributed by atoms with Gasteiger partial charge in [0.25, 0.3) is 0 Å². The molecule has 1 fully saturated rings. The van der Waals surface area contributed by atoms with Crippen molar-refractivity contribution in [3.8, 4) is 0 Å². The maximum Gasteiger partial charge on any atom is 0.142 e. The molecule has 0 amide bonds. The average molecular weight is 619 g/mol. The minimum atomic E-state index is -2.01. The van der Waals surface area contributed by atoms with Crippen LogP contribution in [0.4, 0.5) is 0 Å². The van der Waals surface area contributed by atoms with Gasteiger partial charge in [0.05, 0.1) is 4.24 Å². The lowest BCUT2D eigenvalue weighted by molar-refractivity contribution is -0.00000645. The molecule has 34 heavy (non-hydrogen) atoms. The van der Waals surface area contributed by atoms with Gasteiger partial charge in [0, 0.05) is 5.92 Å². The van der Waals surface area contributed by atoms with E-state index in [-0.39, 0.29) is 24.0 Å². The van der Waals surface area contributed by atoms with Crippen LogP contribution in [0.15, 0.2) is 101 Å². The molecule has 0 aromatic heterocycles. The first kappa shape index (κ1) is 27.8. The van der Waals surface area contributed by atoms with Crippen molar-refractivity contribution in [1.82, 2.24) is 0 Å². The summed E-state index contributed by atoms with van der Waals surface area (Å²) in [6, 6.07) is 34.4. The Bertz CT molecular complexity index is 911. The Morgan fingerprint density at radius 2 is 1.03 bits per heavy atom. The standard InChI is InChI=1S/C30H36PS2.HI/c1-3-32-30(33-4-2)29(25-17-9-5-10-18-25)31(26-19-11-6-12-20-26,27-21-13-7-14-22-27)28-23-15-8-16-24-28;/h6-8,11-16,19-25H,3-5,9-10,17-18H2,1-2H3;1H/q+1;/p-1. The van der Waals surface area contributed by atoms with Crippen LogP contribution in [-0.4, -0.2) is 11.5 Å². The van der Waals surface area contributed by atoms with E-state index in [0.29, 0.717) is 5.92 Å². The van der Waals surface area contributed by atoms with Gasteiger partial charge in [-0.1, -0.05) is 87.7 Å². The van der Waals surface area contributed by atoms with Gasteiger partial charge in [0.1, 0.15) is 28.5 Å². The molecule has 0 saturated heterocycles. The highest BCUT2D eigenvalue weighted by Crippen LogP contribution is 2.68. The average Bonchev–Trinajstić information content (AvgIpc) is 2.89. The second-order valence-corrected chi connectivity index (χ2v) is 14.7.